The number of anilines is 1. The van der Waals surface area contributed by atoms with Gasteiger partial charge in [0.1, 0.15) is 18.0 Å². The number of carbonyl (C=O) groups excluding carboxylic acids is 1. The second kappa shape index (κ2) is 6.06. The molecular formula is C14H19FN4O3S. The van der Waals surface area contributed by atoms with Gasteiger partial charge in [0.25, 0.3) is 5.91 Å². The maximum atomic E-state index is 14.9. The Balaban J connectivity index is 1.97. The van der Waals surface area contributed by atoms with E-state index in [9.17, 15) is 18.5 Å². The van der Waals surface area contributed by atoms with Crippen molar-refractivity contribution in [3.8, 4) is 5.75 Å². The Bertz CT molecular complexity index is 682. The third-order valence-electron chi connectivity index (χ3n) is 3.98. The first kappa shape index (κ1) is 16.2. The van der Waals surface area contributed by atoms with E-state index in [-0.39, 0.29) is 24.0 Å². The summed E-state index contributed by atoms with van der Waals surface area (Å²) < 4.78 is 30.0. The van der Waals surface area contributed by atoms with E-state index in [1.807, 2.05) is 11.8 Å². The molecule has 3 rings (SSSR count). The smallest absolute Gasteiger partial charge is 0.253 e. The minimum Gasteiger partial charge on any atom is -0.506 e. The van der Waals surface area contributed by atoms with E-state index in [1.165, 1.54) is 6.07 Å². The number of benzene rings is 1. The van der Waals surface area contributed by atoms with Crippen LogP contribution in [0.2, 0.25) is 0 Å². The first-order valence-corrected chi connectivity index (χ1v) is 8.47. The number of phenols is 1. The van der Waals surface area contributed by atoms with Gasteiger partial charge in [0.2, 0.25) is 11.2 Å². The normalized spacial score (nSPS) is 22.8. The van der Waals surface area contributed by atoms with E-state index in [4.69, 9.17) is 5.73 Å². The second-order valence-corrected chi connectivity index (χ2v) is 7.11. The summed E-state index contributed by atoms with van der Waals surface area (Å²) in [5.41, 5.74) is 6.80. The van der Waals surface area contributed by atoms with Gasteiger partial charge in [-0.3, -0.25) is 18.7 Å². The van der Waals surface area contributed by atoms with Gasteiger partial charge in [-0.15, -0.1) is 0 Å². The molecule has 23 heavy (non-hydrogen) atoms. The van der Waals surface area contributed by atoms with Crippen molar-refractivity contribution in [1.29, 1.82) is 0 Å². The minimum atomic E-state index is -1.88. The summed E-state index contributed by atoms with van der Waals surface area (Å²) in [7, 11) is 0. The highest BCUT2D eigenvalue weighted by atomic mass is 32.2. The summed E-state index contributed by atoms with van der Waals surface area (Å²) in [6, 6.07) is 1.47. The molecule has 2 aliphatic heterocycles. The van der Waals surface area contributed by atoms with Crippen molar-refractivity contribution in [1.82, 2.24) is 9.62 Å². The van der Waals surface area contributed by atoms with Crippen molar-refractivity contribution in [2.45, 2.75) is 25.9 Å². The summed E-state index contributed by atoms with van der Waals surface area (Å²) in [6.45, 7) is 3.39. The monoisotopic (exact) mass is 342 g/mol. The van der Waals surface area contributed by atoms with Gasteiger partial charge in [0, 0.05) is 31.2 Å². The molecule has 1 aromatic rings. The van der Waals surface area contributed by atoms with E-state index in [2.05, 4.69) is 4.72 Å². The van der Waals surface area contributed by atoms with Crippen LogP contribution in [-0.4, -0.2) is 45.8 Å². The lowest BCUT2D eigenvalue weighted by Crippen LogP contribution is -2.39. The maximum Gasteiger partial charge on any atom is 0.253 e. The summed E-state index contributed by atoms with van der Waals surface area (Å²) in [6.07, 6.45) is 0.604. The van der Waals surface area contributed by atoms with Crippen LogP contribution in [0.1, 0.15) is 18.1 Å². The first-order chi connectivity index (χ1) is 10.9. The molecule has 1 saturated heterocycles. The maximum absolute atomic E-state index is 14.9. The van der Waals surface area contributed by atoms with Crippen LogP contribution >= 0.6 is 0 Å². The molecule has 126 valence electrons. The molecule has 2 atom stereocenters. The van der Waals surface area contributed by atoms with Crippen molar-refractivity contribution in [2.24, 2.45) is 5.73 Å². The Morgan fingerprint density at radius 3 is 2.87 bits per heavy atom. The quantitative estimate of drug-likeness (QED) is 0.704. The van der Waals surface area contributed by atoms with E-state index in [1.54, 1.807) is 0 Å². The molecule has 1 aromatic carbocycles. The topological polar surface area (TPSA) is 98.9 Å². The number of carbonyl (C=O) groups is 1. The highest BCUT2D eigenvalue weighted by Crippen LogP contribution is 2.38. The zero-order chi connectivity index (χ0) is 16.7. The standard InChI is InChI=1S/C14H19FN4O3S/c1-8(16)5-18-3-2-9-4-11(20)14(13(15)10(9)6-18)19-7-12(21)17-23(19)22/h4,8,20H,2-3,5-7,16H2,1H3,(H,17,21). The number of aromatic hydroxyl groups is 1. The third kappa shape index (κ3) is 3.04. The van der Waals surface area contributed by atoms with Gasteiger partial charge >= 0.3 is 0 Å². The van der Waals surface area contributed by atoms with Gasteiger partial charge in [-0.1, -0.05) is 0 Å². The molecule has 7 nitrogen and oxygen atoms in total. The fraction of sp³-hybridized carbons (Fsp3) is 0.500. The summed E-state index contributed by atoms with van der Waals surface area (Å²) in [5, 5.41) is 10.1. The van der Waals surface area contributed by atoms with Crippen molar-refractivity contribution >= 4 is 22.8 Å². The summed E-state index contributed by atoms with van der Waals surface area (Å²) in [4.78, 5) is 13.4. The Morgan fingerprint density at radius 1 is 1.52 bits per heavy atom. The van der Waals surface area contributed by atoms with Crippen molar-refractivity contribution < 1.29 is 18.5 Å². The van der Waals surface area contributed by atoms with Crippen LogP contribution in [-0.2, 0) is 28.9 Å². The predicted molar refractivity (Wildman–Crippen MR) is 84.3 cm³/mol. The number of hydrogen-bond donors (Lipinski definition) is 3. The number of rotatable bonds is 3. The number of nitrogens with zero attached hydrogens (tertiary/aromatic N) is 2. The molecule has 0 spiro atoms. The predicted octanol–water partition coefficient (Wildman–Crippen LogP) is -0.248. The molecule has 1 amide bonds. The van der Waals surface area contributed by atoms with Crippen LogP contribution in [0.15, 0.2) is 6.07 Å². The number of hydrogen-bond acceptors (Lipinski definition) is 5. The van der Waals surface area contributed by atoms with Gasteiger partial charge in [-0.2, -0.15) is 0 Å². The lowest BCUT2D eigenvalue weighted by atomic mass is 9.97. The van der Waals surface area contributed by atoms with Crippen molar-refractivity contribution in [3.05, 3.63) is 23.0 Å². The Labute approximate surface area is 136 Å². The molecule has 1 fully saturated rings. The first-order valence-electron chi connectivity index (χ1n) is 7.37. The highest BCUT2D eigenvalue weighted by Gasteiger charge is 2.34. The van der Waals surface area contributed by atoms with Gasteiger partial charge in [-0.25, -0.2) is 8.60 Å². The molecular weight excluding hydrogens is 323 g/mol. The van der Waals surface area contributed by atoms with Crippen LogP contribution in [0.25, 0.3) is 0 Å². The lowest BCUT2D eigenvalue weighted by molar-refractivity contribution is -0.117. The van der Waals surface area contributed by atoms with Crippen LogP contribution in [0.4, 0.5) is 10.1 Å². The number of fused-ring (bicyclic) bond motifs is 1. The van der Waals surface area contributed by atoms with E-state index >= 15 is 0 Å². The molecule has 4 N–H and O–H groups in total. The lowest BCUT2D eigenvalue weighted by Gasteiger charge is -2.31. The average Bonchev–Trinajstić information content (AvgIpc) is 2.78. The van der Waals surface area contributed by atoms with Gasteiger partial charge in [0.15, 0.2) is 5.82 Å². The van der Waals surface area contributed by atoms with Crippen molar-refractivity contribution in [3.63, 3.8) is 0 Å². The largest absolute Gasteiger partial charge is 0.506 e. The molecule has 2 unspecified atom stereocenters. The molecule has 2 heterocycles. The van der Waals surface area contributed by atoms with Crippen molar-refractivity contribution in [2.75, 3.05) is 23.9 Å². The zero-order valence-corrected chi connectivity index (χ0v) is 13.5. The summed E-state index contributed by atoms with van der Waals surface area (Å²) >= 11 is -1.88. The van der Waals surface area contributed by atoms with E-state index in [0.717, 1.165) is 16.4 Å². The Hall–Kier alpha value is -1.71. The van der Waals surface area contributed by atoms with Crippen LogP contribution in [0, 0.1) is 5.82 Å². The molecule has 2 aliphatic rings. The molecule has 0 saturated carbocycles. The SMILES string of the molecule is CC(N)CN1CCc2cc(O)c(N3CC(=O)NS3=O)c(F)c2C1. The Kier molecular flexibility index (Phi) is 4.26. The highest BCUT2D eigenvalue weighted by molar-refractivity contribution is 7.85. The average molecular weight is 342 g/mol. The number of halogens is 1. The molecule has 9 heteroatoms. The molecule has 0 radical (unpaired) electrons. The van der Waals surface area contributed by atoms with E-state index < -0.39 is 22.9 Å². The van der Waals surface area contributed by atoms with Crippen LogP contribution in [0.5, 0.6) is 5.75 Å². The molecule has 0 aliphatic carbocycles. The number of amides is 1. The third-order valence-corrected chi connectivity index (χ3v) is 5.09. The molecule has 0 bridgehead atoms. The van der Waals surface area contributed by atoms with Gasteiger partial charge in [-0.05, 0) is 25.0 Å². The van der Waals surface area contributed by atoms with E-state index in [0.29, 0.717) is 25.1 Å². The Morgan fingerprint density at radius 2 is 2.26 bits per heavy atom. The van der Waals surface area contributed by atoms with Gasteiger partial charge in [0.05, 0.1) is 0 Å². The fourth-order valence-corrected chi connectivity index (χ4v) is 3.97. The molecule has 0 aromatic heterocycles. The van der Waals surface area contributed by atoms with Gasteiger partial charge < -0.3 is 10.8 Å². The summed E-state index contributed by atoms with van der Waals surface area (Å²) in [5.74, 6) is -1.40. The number of nitrogens with one attached hydrogen (secondary N) is 1. The number of phenolic OH excluding ortho intramolecular Hbond substituents is 1. The van der Waals surface area contributed by atoms with Crippen LogP contribution < -0.4 is 14.8 Å². The second-order valence-electron chi connectivity index (χ2n) is 5.97. The number of nitrogens with two attached hydrogens (primary N) is 1. The fourth-order valence-electron chi connectivity index (χ4n) is 3.03. The van der Waals surface area contributed by atoms with Crippen LogP contribution in [0.3, 0.4) is 0 Å². The minimum absolute atomic E-state index is 0.0240. The zero-order valence-electron chi connectivity index (χ0n) is 12.7.